The van der Waals surface area contributed by atoms with Crippen molar-refractivity contribution in [2.24, 2.45) is 5.92 Å². The minimum absolute atomic E-state index is 0.0244. The van der Waals surface area contributed by atoms with Gasteiger partial charge in [0.05, 0.1) is 17.4 Å². The van der Waals surface area contributed by atoms with Gasteiger partial charge in [0.15, 0.2) is 0 Å². The van der Waals surface area contributed by atoms with Crippen LogP contribution in [0, 0.1) is 12.8 Å². The van der Waals surface area contributed by atoms with E-state index in [1.807, 2.05) is 4.57 Å². The molecule has 5 heteroatoms. The van der Waals surface area contributed by atoms with Crippen LogP contribution in [0.5, 0.6) is 0 Å². The summed E-state index contributed by atoms with van der Waals surface area (Å²) in [5, 5.41) is 6.51. The molecule has 0 aliphatic heterocycles. The second-order valence-corrected chi connectivity index (χ2v) is 8.50. The maximum atomic E-state index is 12.4. The summed E-state index contributed by atoms with van der Waals surface area (Å²) in [6.07, 6.45) is 8.58. The quantitative estimate of drug-likeness (QED) is 0.551. The molecule has 0 radical (unpaired) electrons. The topological polar surface area (TPSA) is 59.0 Å². The van der Waals surface area contributed by atoms with Crippen molar-refractivity contribution < 1.29 is 4.79 Å². The van der Waals surface area contributed by atoms with Gasteiger partial charge >= 0.3 is 0 Å². The van der Waals surface area contributed by atoms with Crippen LogP contribution in [0.3, 0.4) is 0 Å². The Morgan fingerprint density at radius 1 is 1.03 bits per heavy atom. The van der Waals surface area contributed by atoms with Gasteiger partial charge in [-0.1, -0.05) is 55.2 Å². The van der Waals surface area contributed by atoms with Gasteiger partial charge in [-0.3, -0.25) is 4.79 Å². The maximum absolute atomic E-state index is 12.4. The van der Waals surface area contributed by atoms with Crippen LogP contribution in [0.25, 0.3) is 22.2 Å². The molecule has 4 rings (SSSR count). The molecule has 1 saturated carbocycles. The monoisotopic (exact) mass is 404 g/mol. The molecule has 0 saturated heterocycles. The fraction of sp³-hybridized carbons (Fsp3) is 0.440. The van der Waals surface area contributed by atoms with Gasteiger partial charge in [-0.05, 0) is 55.5 Å². The highest BCUT2D eigenvalue weighted by Crippen LogP contribution is 2.24. The second-order valence-electron chi connectivity index (χ2n) is 8.50. The van der Waals surface area contributed by atoms with E-state index in [1.54, 1.807) is 6.33 Å². The molecule has 0 atom stereocenters. The Morgan fingerprint density at radius 2 is 1.80 bits per heavy atom. The Balaban J connectivity index is 1.27. The molecule has 1 fully saturated rings. The van der Waals surface area contributed by atoms with Gasteiger partial charge in [0.25, 0.3) is 0 Å². The molecule has 0 bridgehead atoms. The summed E-state index contributed by atoms with van der Waals surface area (Å²) >= 11 is 0. The largest absolute Gasteiger partial charge is 0.353 e. The third-order valence-corrected chi connectivity index (χ3v) is 6.10. The molecule has 2 aromatic carbocycles. The van der Waals surface area contributed by atoms with Gasteiger partial charge in [-0.15, -0.1) is 0 Å². The van der Waals surface area contributed by atoms with E-state index in [0.29, 0.717) is 13.1 Å². The van der Waals surface area contributed by atoms with Crippen LogP contribution in [0.15, 0.2) is 48.8 Å². The van der Waals surface area contributed by atoms with Gasteiger partial charge in [0.1, 0.15) is 6.54 Å². The molecule has 1 heterocycles. The zero-order valence-electron chi connectivity index (χ0n) is 17.9. The normalized spacial score (nSPS) is 14.8. The van der Waals surface area contributed by atoms with Gasteiger partial charge in [0.2, 0.25) is 5.91 Å². The number of hydrogen-bond acceptors (Lipinski definition) is 3. The van der Waals surface area contributed by atoms with Crippen LogP contribution in [-0.4, -0.2) is 35.1 Å². The van der Waals surface area contributed by atoms with Gasteiger partial charge in [0, 0.05) is 13.1 Å². The third-order valence-electron chi connectivity index (χ3n) is 6.10. The zero-order valence-corrected chi connectivity index (χ0v) is 17.9. The van der Waals surface area contributed by atoms with E-state index >= 15 is 0 Å². The molecule has 1 aromatic heterocycles. The van der Waals surface area contributed by atoms with Crippen molar-refractivity contribution in [1.29, 1.82) is 0 Å². The van der Waals surface area contributed by atoms with Crippen LogP contribution in [0.1, 0.15) is 37.7 Å². The van der Waals surface area contributed by atoms with E-state index in [0.717, 1.165) is 35.6 Å². The van der Waals surface area contributed by atoms with Crippen molar-refractivity contribution in [3.05, 3.63) is 54.4 Å². The lowest BCUT2D eigenvalue weighted by Gasteiger charge is -2.21. The van der Waals surface area contributed by atoms with Crippen LogP contribution in [0.4, 0.5) is 0 Å². The molecule has 2 N–H and O–H groups in total. The van der Waals surface area contributed by atoms with E-state index < -0.39 is 0 Å². The fourth-order valence-corrected chi connectivity index (χ4v) is 4.31. The van der Waals surface area contributed by atoms with Crippen molar-refractivity contribution >= 4 is 16.9 Å². The third kappa shape index (κ3) is 5.28. The van der Waals surface area contributed by atoms with Crippen molar-refractivity contribution in [3.8, 4) is 11.1 Å². The number of benzene rings is 2. The second kappa shape index (κ2) is 9.90. The Bertz CT molecular complexity index is 970. The van der Waals surface area contributed by atoms with E-state index in [1.165, 1.54) is 43.2 Å². The van der Waals surface area contributed by atoms with Crippen molar-refractivity contribution in [1.82, 2.24) is 20.2 Å². The SMILES string of the molecule is Cc1ccc(-c2ccc3c(c2)ncn3CC(=O)NCCNCC2CCCCC2)cc1. The predicted molar refractivity (Wildman–Crippen MR) is 122 cm³/mol. The Labute approximate surface area is 178 Å². The lowest BCUT2D eigenvalue weighted by Crippen LogP contribution is -2.35. The summed E-state index contributed by atoms with van der Waals surface area (Å²) in [5.74, 6) is 0.841. The first-order valence-electron chi connectivity index (χ1n) is 11.2. The molecule has 1 aliphatic carbocycles. The van der Waals surface area contributed by atoms with E-state index in [9.17, 15) is 4.79 Å². The first-order valence-corrected chi connectivity index (χ1v) is 11.2. The van der Waals surface area contributed by atoms with Gasteiger partial charge < -0.3 is 15.2 Å². The molecule has 0 unspecified atom stereocenters. The Kier molecular flexibility index (Phi) is 6.80. The van der Waals surface area contributed by atoms with Gasteiger partial charge in [-0.2, -0.15) is 0 Å². The van der Waals surface area contributed by atoms with Crippen molar-refractivity contribution in [2.45, 2.75) is 45.6 Å². The number of fused-ring (bicyclic) bond motifs is 1. The first-order chi connectivity index (χ1) is 14.7. The van der Waals surface area contributed by atoms with Gasteiger partial charge in [-0.25, -0.2) is 4.98 Å². The van der Waals surface area contributed by atoms with Crippen molar-refractivity contribution in [2.75, 3.05) is 19.6 Å². The number of nitrogens with zero attached hydrogens (tertiary/aromatic N) is 2. The number of carbonyl (C=O) groups is 1. The predicted octanol–water partition coefficient (Wildman–Crippen LogP) is 4.30. The van der Waals surface area contributed by atoms with E-state index in [-0.39, 0.29) is 5.91 Å². The average Bonchev–Trinajstić information content (AvgIpc) is 3.16. The van der Waals surface area contributed by atoms with E-state index in [2.05, 4.69) is 65.0 Å². The number of aromatic nitrogens is 2. The highest BCUT2D eigenvalue weighted by molar-refractivity contribution is 5.84. The van der Waals surface area contributed by atoms with Crippen LogP contribution >= 0.6 is 0 Å². The molecule has 1 aliphatic rings. The van der Waals surface area contributed by atoms with Crippen LogP contribution < -0.4 is 10.6 Å². The number of hydrogen-bond donors (Lipinski definition) is 2. The minimum Gasteiger partial charge on any atom is -0.353 e. The molecule has 158 valence electrons. The molecular formula is C25H32N4O. The Hall–Kier alpha value is -2.66. The van der Waals surface area contributed by atoms with Crippen LogP contribution in [0.2, 0.25) is 0 Å². The van der Waals surface area contributed by atoms with E-state index in [4.69, 9.17) is 0 Å². The summed E-state index contributed by atoms with van der Waals surface area (Å²) in [5.41, 5.74) is 5.46. The smallest absolute Gasteiger partial charge is 0.240 e. The molecular weight excluding hydrogens is 372 g/mol. The minimum atomic E-state index is 0.0244. The number of rotatable bonds is 8. The lowest BCUT2D eigenvalue weighted by atomic mass is 9.89. The average molecular weight is 405 g/mol. The molecule has 5 nitrogen and oxygen atoms in total. The summed E-state index contributed by atoms with van der Waals surface area (Å²) in [7, 11) is 0. The molecule has 3 aromatic rings. The number of amides is 1. The maximum Gasteiger partial charge on any atom is 0.240 e. The Morgan fingerprint density at radius 3 is 2.60 bits per heavy atom. The first kappa shape index (κ1) is 20.6. The van der Waals surface area contributed by atoms with Crippen LogP contribution in [-0.2, 0) is 11.3 Å². The number of nitrogens with one attached hydrogen (secondary N) is 2. The summed E-state index contributed by atoms with van der Waals surface area (Å²) < 4.78 is 1.92. The summed E-state index contributed by atoms with van der Waals surface area (Å²) in [6, 6.07) is 14.7. The number of carbonyl (C=O) groups excluding carboxylic acids is 1. The molecule has 30 heavy (non-hydrogen) atoms. The summed E-state index contributed by atoms with van der Waals surface area (Å²) in [6.45, 7) is 4.95. The number of aryl methyl sites for hydroxylation is 1. The molecule has 1 amide bonds. The molecule has 0 spiro atoms. The fourth-order valence-electron chi connectivity index (χ4n) is 4.31. The standard InChI is InChI=1S/C25H32N4O/c1-19-7-9-21(10-8-19)22-11-12-24-23(15-22)28-18-29(24)17-25(30)27-14-13-26-16-20-5-3-2-4-6-20/h7-12,15,18,20,26H,2-6,13-14,16-17H2,1H3,(H,27,30). The highest BCUT2D eigenvalue weighted by atomic mass is 16.1. The summed E-state index contributed by atoms with van der Waals surface area (Å²) in [4.78, 5) is 16.9. The lowest BCUT2D eigenvalue weighted by molar-refractivity contribution is -0.121. The zero-order chi connectivity index (χ0) is 20.8. The number of imidazole rings is 1. The van der Waals surface area contributed by atoms with Crippen molar-refractivity contribution in [3.63, 3.8) is 0 Å². The highest BCUT2D eigenvalue weighted by Gasteiger charge is 2.12.